The van der Waals surface area contributed by atoms with E-state index in [2.05, 4.69) is 5.32 Å². The third-order valence-electron chi connectivity index (χ3n) is 2.39. The van der Waals surface area contributed by atoms with Crippen molar-refractivity contribution in [2.75, 3.05) is 5.32 Å². The molecule has 0 aliphatic carbocycles. The molecule has 10 heteroatoms. The largest absolute Gasteiger partial charge is 0.374 e. The molecular formula is C11H15N5O5. The van der Waals surface area contributed by atoms with Gasteiger partial charge in [0.25, 0.3) is 17.3 Å². The summed E-state index contributed by atoms with van der Waals surface area (Å²) in [6.07, 6.45) is 0. The SMILES string of the molecule is CC(C)(C)Nc1c(C(=O)NN)cc([N+](=O)[O-])cc1[N+](=O)[O-]. The number of carbonyl (C=O) groups is 1. The van der Waals surface area contributed by atoms with Gasteiger partial charge in [0, 0.05) is 11.6 Å². The number of nitro benzene ring substituents is 2. The van der Waals surface area contributed by atoms with Gasteiger partial charge in [0.05, 0.1) is 21.5 Å². The molecule has 0 aromatic heterocycles. The van der Waals surface area contributed by atoms with Crippen LogP contribution in [0.1, 0.15) is 31.1 Å². The van der Waals surface area contributed by atoms with Crippen molar-refractivity contribution >= 4 is 23.0 Å². The van der Waals surface area contributed by atoms with Crippen molar-refractivity contribution in [1.29, 1.82) is 0 Å². The van der Waals surface area contributed by atoms with Crippen LogP contribution in [0.4, 0.5) is 17.1 Å². The van der Waals surface area contributed by atoms with E-state index < -0.39 is 32.7 Å². The van der Waals surface area contributed by atoms with Crippen LogP contribution in [0, 0.1) is 20.2 Å². The molecule has 0 atom stereocenters. The topological polar surface area (TPSA) is 153 Å². The van der Waals surface area contributed by atoms with E-state index in [9.17, 15) is 25.0 Å². The van der Waals surface area contributed by atoms with E-state index in [0.717, 1.165) is 12.1 Å². The van der Waals surface area contributed by atoms with Gasteiger partial charge in [0.1, 0.15) is 5.69 Å². The predicted molar refractivity (Wildman–Crippen MR) is 74.8 cm³/mol. The van der Waals surface area contributed by atoms with Gasteiger partial charge in [-0.25, -0.2) is 5.84 Å². The Balaban J connectivity index is 3.66. The fourth-order valence-electron chi connectivity index (χ4n) is 1.62. The van der Waals surface area contributed by atoms with E-state index in [0.29, 0.717) is 0 Å². The maximum atomic E-state index is 11.7. The quantitative estimate of drug-likeness (QED) is 0.327. The summed E-state index contributed by atoms with van der Waals surface area (Å²) in [5, 5.41) is 24.8. The van der Waals surface area contributed by atoms with Gasteiger partial charge in [-0.05, 0) is 20.8 Å². The number of nitrogens with two attached hydrogens (primary N) is 1. The minimum absolute atomic E-state index is 0.124. The second-order valence-electron chi connectivity index (χ2n) is 5.25. The standard InChI is InChI=1S/C11H15N5O5/c1-11(2,3)13-9-7(10(17)14-12)4-6(15(18)19)5-8(9)16(20)21/h4-5,13H,12H2,1-3H3,(H,14,17). The van der Waals surface area contributed by atoms with E-state index in [1.807, 2.05) is 5.43 Å². The number of benzene rings is 1. The van der Waals surface area contributed by atoms with Gasteiger partial charge in [0.15, 0.2) is 0 Å². The summed E-state index contributed by atoms with van der Waals surface area (Å²) in [7, 11) is 0. The highest BCUT2D eigenvalue weighted by Crippen LogP contribution is 2.35. The number of nitrogens with one attached hydrogen (secondary N) is 2. The van der Waals surface area contributed by atoms with Crippen molar-refractivity contribution in [3.05, 3.63) is 37.9 Å². The van der Waals surface area contributed by atoms with Crippen LogP contribution in [0.25, 0.3) is 0 Å². The van der Waals surface area contributed by atoms with E-state index >= 15 is 0 Å². The summed E-state index contributed by atoms with van der Waals surface area (Å²) in [5.74, 6) is 4.15. The Bertz CT molecular complexity index is 608. The lowest BCUT2D eigenvalue weighted by atomic mass is 10.0. The number of anilines is 1. The molecule has 0 radical (unpaired) electrons. The molecule has 0 saturated heterocycles. The van der Waals surface area contributed by atoms with Crippen molar-refractivity contribution in [1.82, 2.24) is 5.43 Å². The summed E-state index contributed by atoms with van der Waals surface area (Å²) < 4.78 is 0. The zero-order chi connectivity index (χ0) is 16.4. The summed E-state index contributed by atoms with van der Waals surface area (Å²) in [4.78, 5) is 32.1. The lowest BCUT2D eigenvalue weighted by Gasteiger charge is -2.23. The number of carbonyl (C=O) groups excluding carboxylic acids is 1. The molecule has 0 saturated carbocycles. The van der Waals surface area contributed by atoms with Gasteiger partial charge in [-0.15, -0.1) is 0 Å². The van der Waals surface area contributed by atoms with Gasteiger partial charge >= 0.3 is 0 Å². The van der Waals surface area contributed by atoms with Crippen molar-refractivity contribution in [2.45, 2.75) is 26.3 Å². The van der Waals surface area contributed by atoms with Crippen LogP contribution in [0.5, 0.6) is 0 Å². The average molecular weight is 297 g/mol. The molecule has 1 aromatic rings. The van der Waals surface area contributed by atoms with Crippen molar-refractivity contribution in [3.63, 3.8) is 0 Å². The maximum Gasteiger partial charge on any atom is 0.300 e. The Kier molecular flexibility index (Phi) is 4.43. The minimum atomic E-state index is -0.867. The van der Waals surface area contributed by atoms with E-state index in [-0.39, 0.29) is 11.3 Å². The van der Waals surface area contributed by atoms with Crippen molar-refractivity contribution in [2.24, 2.45) is 5.84 Å². The number of nitro groups is 2. The summed E-state index contributed by atoms with van der Waals surface area (Å²) in [6.45, 7) is 5.17. The third-order valence-corrected chi connectivity index (χ3v) is 2.39. The van der Waals surface area contributed by atoms with E-state index in [4.69, 9.17) is 5.84 Å². The van der Waals surface area contributed by atoms with Crippen LogP contribution in [-0.2, 0) is 0 Å². The smallest absolute Gasteiger partial charge is 0.300 e. The molecule has 1 rings (SSSR count). The Labute approximate surface area is 119 Å². The average Bonchev–Trinajstić information content (AvgIpc) is 2.35. The first-order chi connectivity index (χ1) is 9.56. The molecule has 21 heavy (non-hydrogen) atoms. The third kappa shape index (κ3) is 3.86. The molecule has 0 spiro atoms. The second kappa shape index (κ2) is 5.71. The molecule has 0 heterocycles. The number of nitrogens with zero attached hydrogens (tertiary/aromatic N) is 2. The fourth-order valence-corrected chi connectivity index (χ4v) is 1.62. The summed E-state index contributed by atoms with van der Waals surface area (Å²) >= 11 is 0. The molecular weight excluding hydrogens is 282 g/mol. The predicted octanol–water partition coefficient (Wildman–Crippen LogP) is 1.32. The molecule has 10 nitrogen and oxygen atoms in total. The number of rotatable bonds is 4. The Morgan fingerprint density at radius 3 is 2.14 bits per heavy atom. The fraction of sp³-hybridized carbons (Fsp3) is 0.364. The van der Waals surface area contributed by atoms with Crippen LogP contribution >= 0.6 is 0 Å². The van der Waals surface area contributed by atoms with Gasteiger partial charge in [0.2, 0.25) is 0 Å². The number of hydrogen-bond donors (Lipinski definition) is 3. The maximum absolute atomic E-state index is 11.7. The van der Waals surface area contributed by atoms with Crippen LogP contribution in [0.3, 0.4) is 0 Å². The normalized spacial score (nSPS) is 10.9. The van der Waals surface area contributed by atoms with Crippen molar-refractivity contribution < 1.29 is 14.6 Å². The van der Waals surface area contributed by atoms with Gasteiger partial charge in [-0.3, -0.25) is 30.4 Å². The Hall–Kier alpha value is -2.75. The number of nitrogen functional groups attached to an aromatic ring is 1. The van der Waals surface area contributed by atoms with Crippen molar-refractivity contribution in [3.8, 4) is 0 Å². The monoisotopic (exact) mass is 297 g/mol. The highest BCUT2D eigenvalue weighted by molar-refractivity contribution is 6.02. The first-order valence-electron chi connectivity index (χ1n) is 5.83. The molecule has 0 unspecified atom stereocenters. The zero-order valence-electron chi connectivity index (χ0n) is 11.7. The first kappa shape index (κ1) is 16.3. The molecule has 0 aliphatic heterocycles. The molecule has 0 bridgehead atoms. The van der Waals surface area contributed by atoms with E-state index in [1.165, 1.54) is 0 Å². The lowest BCUT2D eigenvalue weighted by Crippen LogP contribution is -2.33. The molecule has 0 fully saturated rings. The summed E-state index contributed by atoms with van der Waals surface area (Å²) in [5.41, 5.74) is -0.326. The van der Waals surface area contributed by atoms with Crippen LogP contribution < -0.4 is 16.6 Å². The Morgan fingerprint density at radius 1 is 1.19 bits per heavy atom. The van der Waals surface area contributed by atoms with Gasteiger partial charge in [-0.2, -0.15) is 0 Å². The highest BCUT2D eigenvalue weighted by Gasteiger charge is 2.29. The minimum Gasteiger partial charge on any atom is -0.374 e. The molecule has 1 amide bonds. The number of amides is 1. The molecule has 114 valence electrons. The van der Waals surface area contributed by atoms with Gasteiger partial charge < -0.3 is 5.32 Å². The van der Waals surface area contributed by atoms with Gasteiger partial charge in [-0.1, -0.05) is 0 Å². The number of hydrazine groups is 1. The summed E-state index contributed by atoms with van der Waals surface area (Å²) in [6, 6.07) is 1.73. The number of hydrogen-bond acceptors (Lipinski definition) is 7. The molecule has 0 aliphatic rings. The first-order valence-corrected chi connectivity index (χ1v) is 5.83. The van der Waals surface area contributed by atoms with Crippen LogP contribution in [-0.4, -0.2) is 21.3 Å². The van der Waals surface area contributed by atoms with E-state index in [1.54, 1.807) is 20.8 Å². The highest BCUT2D eigenvalue weighted by atomic mass is 16.6. The number of non-ortho nitro benzene ring substituents is 1. The lowest BCUT2D eigenvalue weighted by molar-refractivity contribution is -0.393. The Morgan fingerprint density at radius 2 is 1.76 bits per heavy atom. The zero-order valence-corrected chi connectivity index (χ0v) is 11.7. The van der Waals surface area contributed by atoms with Crippen LogP contribution in [0.15, 0.2) is 12.1 Å². The van der Waals surface area contributed by atoms with Crippen LogP contribution in [0.2, 0.25) is 0 Å². The molecule has 4 N–H and O–H groups in total. The molecule has 1 aromatic carbocycles. The second-order valence-corrected chi connectivity index (χ2v) is 5.25.